The molecule has 0 aromatic heterocycles. The summed E-state index contributed by atoms with van der Waals surface area (Å²) in [7, 11) is 0. The van der Waals surface area contributed by atoms with E-state index >= 15 is 0 Å². The molecule has 0 aliphatic heterocycles. The zero-order valence-corrected chi connectivity index (χ0v) is 11.4. The van der Waals surface area contributed by atoms with Gasteiger partial charge in [-0.2, -0.15) is 11.8 Å². The lowest BCUT2D eigenvalue weighted by Gasteiger charge is -2.34. The third kappa shape index (κ3) is 4.36. The average molecular weight is 229 g/mol. The normalized spacial score (nSPS) is 29.0. The molecule has 1 rings (SSSR count). The molecule has 1 nitrogen and oxygen atoms in total. The fourth-order valence-electron chi connectivity index (χ4n) is 2.70. The molecule has 1 aliphatic carbocycles. The molecule has 0 aromatic rings. The maximum atomic E-state index is 3.89. The molecule has 0 amide bonds. The van der Waals surface area contributed by atoms with E-state index in [0.717, 1.165) is 18.0 Å². The minimum atomic E-state index is 0.733. The number of rotatable bonds is 6. The first-order valence-electron chi connectivity index (χ1n) is 6.56. The molecule has 3 unspecified atom stereocenters. The van der Waals surface area contributed by atoms with Crippen LogP contribution in [0.3, 0.4) is 0 Å². The Labute approximate surface area is 99.8 Å². The third-order valence-corrected chi connectivity index (χ3v) is 4.48. The molecule has 1 N–H and O–H groups in total. The summed E-state index contributed by atoms with van der Waals surface area (Å²) < 4.78 is 0. The second-order valence-electron chi connectivity index (χ2n) is 4.79. The van der Waals surface area contributed by atoms with Gasteiger partial charge in [-0.1, -0.05) is 33.1 Å². The molecule has 0 spiro atoms. The predicted molar refractivity (Wildman–Crippen MR) is 71.6 cm³/mol. The fourth-order valence-corrected chi connectivity index (χ4v) is 3.44. The molecule has 0 bridgehead atoms. The molecular formula is C13H27NS. The molecular weight excluding hydrogens is 202 g/mol. The average Bonchev–Trinajstić information content (AvgIpc) is 2.29. The Morgan fingerprint density at radius 3 is 2.60 bits per heavy atom. The minimum Gasteiger partial charge on any atom is -0.310 e. The van der Waals surface area contributed by atoms with Crippen molar-refractivity contribution < 1.29 is 0 Å². The van der Waals surface area contributed by atoms with Gasteiger partial charge in [-0.05, 0) is 31.4 Å². The van der Waals surface area contributed by atoms with Crippen molar-refractivity contribution in [2.24, 2.45) is 5.92 Å². The molecule has 1 aliphatic rings. The van der Waals surface area contributed by atoms with E-state index in [4.69, 9.17) is 0 Å². The smallest absolute Gasteiger partial charge is 0.0158 e. The van der Waals surface area contributed by atoms with Crippen LogP contribution >= 0.6 is 11.8 Å². The van der Waals surface area contributed by atoms with Crippen LogP contribution in [0.4, 0.5) is 0 Å². The van der Waals surface area contributed by atoms with Crippen molar-refractivity contribution in [1.29, 1.82) is 0 Å². The lowest BCUT2D eigenvalue weighted by atomic mass is 9.82. The van der Waals surface area contributed by atoms with Crippen LogP contribution in [0.5, 0.6) is 0 Å². The molecule has 90 valence electrons. The zero-order chi connectivity index (χ0) is 11.1. The minimum absolute atomic E-state index is 0.733. The van der Waals surface area contributed by atoms with E-state index in [-0.39, 0.29) is 0 Å². The maximum Gasteiger partial charge on any atom is 0.0158 e. The van der Waals surface area contributed by atoms with Crippen molar-refractivity contribution in [3.8, 4) is 0 Å². The van der Waals surface area contributed by atoms with Crippen LogP contribution in [-0.4, -0.2) is 24.1 Å². The van der Waals surface area contributed by atoms with Gasteiger partial charge in [-0.25, -0.2) is 0 Å². The molecule has 0 saturated heterocycles. The van der Waals surface area contributed by atoms with Crippen LogP contribution in [0.15, 0.2) is 0 Å². The maximum absolute atomic E-state index is 3.89. The Kier molecular flexibility index (Phi) is 6.74. The number of hydrogen-bond acceptors (Lipinski definition) is 2. The first kappa shape index (κ1) is 13.4. The highest BCUT2D eigenvalue weighted by Gasteiger charge is 2.24. The van der Waals surface area contributed by atoms with Gasteiger partial charge in [0.1, 0.15) is 0 Å². The van der Waals surface area contributed by atoms with Gasteiger partial charge in [0.15, 0.2) is 0 Å². The van der Waals surface area contributed by atoms with Crippen molar-refractivity contribution in [3.05, 3.63) is 0 Å². The zero-order valence-electron chi connectivity index (χ0n) is 10.6. The van der Waals surface area contributed by atoms with E-state index in [2.05, 4.69) is 25.4 Å². The molecule has 0 radical (unpaired) electrons. The Balaban J connectivity index is 2.38. The van der Waals surface area contributed by atoms with Gasteiger partial charge in [0.05, 0.1) is 0 Å². The highest BCUT2D eigenvalue weighted by Crippen LogP contribution is 2.27. The van der Waals surface area contributed by atoms with Gasteiger partial charge in [-0.3, -0.25) is 0 Å². The Bertz CT molecular complexity index is 161. The second-order valence-corrected chi connectivity index (χ2v) is 5.70. The van der Waals surface area contributed by atoms with Crippen LogP contribution < -0.4 is 5.32 Å². The molecule has 1 saturated carbocycles. The Morgan fingerprint density at radius 1 is 1.27 bits per heavy atom. The molecule has 0 aromatic carbocycles. The molecule has 2 heteroatoms. The van der Waals surface area contributed by atoms with E-state index in [9.17, 15) is 0 Å². The largest absolute Gasteiger partial charge is 0.310 e. The summed E-state index contributed by atoms with van der Waals surface area (Å²) in [6.45, 7) is 4.65. The van der Waals surface area contributed by atoms with E-state index in [0.29, 0.717) is 0 Å². The summed E-state index contributed by atoms with van der Waals surface area (Å²) in [5.74, 6) is 2.21. The van der Waals surface area contributed by atoms with Crippen LogP contribution in [0, 0.1) is 5.92 Å². The van der Waals surface area contributed by atoms with Crippen molar-refractivity contribution in [2.45, 2.75) is 64.5 Å². The lowest BCUT2D eigenvalue weighted by molar-refractivity contribution is 0.239. The fraction of sp³-hybridized carbons (Fsp3) is 1.00. The quantitative estimate of drug-likeness (QED) is 0.745. The van der Waals surface area contributed by atoms with Gasteiger partial charge in [0.25, 0.3) is 0 Å². The number of hydrogen-bond donors (Lipinski definition) is 1. The topological polar surface area (TPSA) is 12.0 Å². The first-order chi connectivity index (χ1) is 7.31. The SMILES string of the molecule is CCC(CSC)NC1CCCCC1CC. The summed E-state index contributed by atoms with van der Waals surface area (Å²) in [4.78, 5) is 0. The Morgan fingerprint density at radius 2 is 2.00 bits per heavy atom. The highest BCUT2D eigenvalue weighted by molar-refractivity contribution is 7.98. The standard InChI is InChI=1S/C13H27NS/c1-4-11-8-6-7-9-13(11)14-12(5-2)10-15-3/h11-14H,4-10H2,1-3H3. The van der Waals surface area contributed by atoms with Gasteiger partial charge >= 0.3 is 0 Å². The van der Waals surface area contributed by atoms with Crippen LogP contribution in [0.25, 0.3) is 0 Å². The second kappa shape index (κ2) is 7.56. The molecule has 3 atom stereocenters. The van der Waals surface area contributed by atoms with Gasteiger partial charge in [0.2, 0.25) is 0 Å². The molecule has 0 heterocycles. The monoisotopic (exact) mass is 229 g/mol. The van der Waals surface area contributed by atoms with Crippen molar-refractivity contribution in [3.63, 3.8) is 0 Å². The molecule has 1 fully saturated rings. The van der Waals surface area contributed by atoms with Crippen LogP contribution in [0.2, 0.25) is 0 Å². The molecule has 15 heavy (non-hydrogen) atoms. The van der Waals surface area contributed by atoms with E-state index < -0.39 is 0 Å². The van der Waals surface area contributed by atoms with Gasteiger partial charge < -0.3 is 5.32 Å². The highest BCUT2D eigenvalue weighted by atomic mass is 32.2. The first-order valence-corrected chi connectivity index (χ1v) is 7.96. The van der Waals surface area contributed by atoms with E-state index in [1.807, 2.05) is 11.8 Å². The van der Waals surface area contributed by atoms with E-state index in [1.54, 1.807) is 0 Å². The number of nitrogens with one attached hydrogen (secondary N) is 1. The van der Waals surface area contributed by atoms with Gasteiger partial charge in [0, 0.05) is 17.8 Å². The lowest BCUT2D eigenvalue weighted by Crippen LogP contribution is -2.45. The summed E-state index contributed by atoms with van der Waals surface area (Å²) in [5.41, 5.74) is 0. The number of thioether (sulfide) groups is 1. The van der Waals surface area contributed by atoms with Gasteiger partial charge in [-0.15, -0.1) is 0 Å². The summed E-state index contributed by atoms with van der Waals surface area (Å²) >= 11 is 1.97. The van der Waals surface area contributed by atoms with E-state index in [1.165, 1.54) is 44.3 Å². The summed E-state index contributed by atoms with van der Waals surface area (Å²) in [6.07, 6.45) is 10.6. The van der Waals surface area contributed by atoms with Crippen molar-refractivity contribution in [2.75, 3.05) is 12.0 Å². The van der Waals surface area contributed by atoms with Crippen LogP contribution in [-0.2, 0) is 0 Å². The summed E-state index contributed by atoms with van der Waals surface area (Å²) in [6, 6.07) is 1.54. The summed E-state index contributed by atoms with van der Waals surface area (Å²) in [5, 5.41) is 3.89. The van der Waals surface area contributed by atoms with Crippen LogP contribution in [0.1, 0.15) is 52.4 Å². The van der Waals surface area contributed by atoms with Crippen molar-refractivity contribution in [1.82, 2.24) is 5.32 Å². The Hall–Kier alpha value is 0.310. The predicted octanol–water partition coefficient (Wildman–Crippen LogP) is 3.69. The van der Waals surface area contributed by atoms with Crippen molar-refractivity contribution >= 4 is 11.8 Å². The third-order valence-electron chi connectivity index (χ3n) is 3.74.